The first-order valence-electron chi connectivity index (χ1n) is 13.1. The van der Waals surface area contributed by atoms with Crippen LogP contribution in [0.5, 0.6) is 0 Å². The molecule has 204 valence electrons. The first-order chi connectivity index (χ1) is 19.4. The first-order valence-corrected chi connectivity index (χ1v) is 13.9. The number of nitrogens with zero attached hydrogens (tertiary/aromatic N) is 4. The summed E-state index contributed by atoms with van der Waals surface area (Å²) >= 11 is 1.36. The predicted octanol–water partition coefficient (Wildman–Crippen LogP) is 3.75. The molecule has 40 heavy (non-hydrogen) atoms. The summed E-state index contributed by atoms with van der Waals surface area (Å²) in [4.78, 5) is 47.4. The van der Waals surface area contributed by atoms with E-state index in [4.69, 9.17) is 5.11 Å². The molecule has 0 aliphatic carbocycles. The summed E-state index contributed by atoms with van der Waals surface area (Å²) in [5, 5.41) is 12.2. The van der Waals surface area contributed by atoms with Crippen LogP contribution in [-0.4, -0.2) is 82.2 Å². The topological polar surface area (TPSA) is 106 Å². The number of carbonyl (C=O) groups excluding carboxylic acids is 2. The van der Waals surface area contributed by atoms with Gasteiger partial charge in [0.05, 0.1) is 24.1 Å². The number of amides is 4. The molecule has 0 saturated carbocycles. The second-order valence-electron chi connectivity index (χ2n) is 9.74. The standard InChI is InChI=1S/C30H29N5O4S/c1-31-29(38)34-20-26(22-5-3-2-4-6-22)35(30(34)39)24-14-17-33(18-15-24)19-21-7-12-27(32-16-13-21)40-25-10-8-23(9-11-25)28(36)37/h2-6,8-11,21,24,26H,14-15,17-20H2,1H3,(H,31,38)(H,36,37)/t21?,26-/m0/s1. The van der Waals surface area contributed by atoms with Gasteiger partial charge in [-0.2, -0.15) is 4.99 Å². The van der Waals surface area contributed by atoms with Crippen molar-refractivity contribution in [3.8, 4) is 23.8 Å². The highest BCUT2D eigenvalue weighted by Crippen LogP contribution is 2.34. The molecule has 5 rings (SSSR count). The van der Waals surface area contributed by atoms with Gasteiger partial charge in [0.25, 0.3) is 0 Å². The molecule has 0 aromatic heterocycles. The van der Waals surface area contributed by atoms with Gasteiger partial charge in [-0.1, -0.05) is 53.9 Å². The zero-order valence-electron chi connectivity index (χ0n) is 22.0. The summed E-state index contributed by atoms with van der Waals surface area (Å²) in [6, 6.07) is 18.6. The average Bonchev–Trinajstić information content (AvgIpc) is 3.17. The van der Waals surface area contributed by atoms with E-state index in [0.29, 0.717) is 18.1 Å². The smallest absolute Gasteiger partial charge is 0.335 e. The fourth-order valence-corrected chi connectivity index (χ4v) is 5.89. The molecule has 3 heterocycles. The van der Waals surface area contributed by atoms with Gasteiger partial charge in [-0.3, -0.25) is 0 Å². The highest BCUT2D eigenvalue weighted by molar-refractivity contribution is 8.14. The Bertz CT molecular complexity index is 1430. The molecule has 2 N–H and O–H groups in total. The molecule has 2 atom stereocenters. The zero-order valence-corrected chi connectivity index (χ0v) is 22.9. The van der Waals surface area contributed by atoms with E-state index in [-0.39, 0.29) is 35.6 Å². The maximum atomic E-state index is 13.3. The fraction of sp³-hybridized carbons (Fsp3) is 0.333. The Kier molecular flexibility index (Phi) is 8.40. The lowest BCUT2D eigenvalue weighted by atomic mass is 9.98. The summed E-state index contributed by atoms with van der Waals surface area (Å²) in [6.07, 6.45) is 1.60. The largest absolute Gasteiger partial charge is 0.478 e. The third kappa shape index (κ3) is 6.15. The number of carboxylic acid groups (broad SMARTS) is 1. The number of hydrogen-bond donors (Lipinski definition) is 2. The van der Waals surface area contributed by atoms with Crippen molar-refractivity contribution in [3.05, 3.63) is 65.7 Å². The predicted molar refractivity (Wildman–Crippen MR) is 153 cm³/mol. The molecule has 1 unspecified atom stereocenters. The van der Waals surface area contributed by atoms with Crippen molar-refractivity contribution in [2.24, 2.45) is 10.9 Å². The number of carbonyl (C=O) groups is 3. The molecule has 2 fully saturated rings. The molecular formula is C30H29N5O4S. The number of rotatable bonds is 6. The van der Waals surface area contributed by atoms with Crippen molar-refractivity contribution in [2.45, 2.75) is 29.8 Å². The number of aliphatic imine (C=N–C) groups is 1. The third-order valence-corrected chi connectivity index (χ3v) is 8.14. The quantitative estimate of drug-likeness (QED) is 0.526. The third-order valence-electron chi connectivity index (χ3n) is 7.24. The number of urea groups is 2. The Hall–Kier alpha value is -4.25. The van der Waals surface area contributed by atoms with E-state index in [1.165, 1.54) is 16.7 Å². The Labute approximate surface area is 237 Å². The molecule has 0 radical (unpaired) electrons. The second-order valence-corrected chi connectivity index (χ2v) is 10.8. The number of thioether (sulfide) groups is 1. The van der Waals surface area contributed by atoms with Crippen LogP contribution in [0.4, 0.5) is 9.59 Å². The maximum absolute atomic E-state index is 13.3. The normalized spacial score (nSPS) is 21.0. The Morgan fingerprint density at radius 2 is 1.80 bits per heavy atom. The molecule has 0 bridgehead atoms. The van der Waals surface area contributed by atoms with Crippen LogP contribution in [0.25, 0.3) is 0 Å². The minimum atomic E-state index is -0.963. The number of piperidine rings is 1. The highest BCUT2D eigenvalue weighted by Gasteiger charge is 2.45. The van der Waals surface area contributed by atoms with Crippen LogP contribution in [0.3, 0.4) is 0 Å². The van der Waals surface area contributed by atoms with E-state index in [9.17, 15) is 14.4 Å². The molecule has 3 aliphatic heterocycles. The van der Waals surface area contributed by atoms with E-state index in [0.717, 1.165) is 36.4 Å². The van der Waals surface area contributed by atoms with Gasteiger partial charge in [0.2, 0.25) is 0 Å². The minimum absolute atomic E-state index is 0.0359. The van der Waals surface area contributed by atoms with Gasteiger partial charge in [0.1, 0.15) is 0 Å². The van der Waals surface area contributed by atoms with Crippen LogP contribution in [0.1, 0.15) is 34.8 Å². The zero-order chi connectivity index (χ0) is 28.1. The maximum Gasteiger partial charge on any atom is 0.335 e. The van der Waals surface area contributed by atoms with E-state index in [1.54, 1.807) is 31.3 Å². The summed E-state index contributed by atoms with van der Waals surface area (Å²) in [6.45, 7) is 2.62. The summed E-state index contributed by atoms with van der Waals surface area (Å²) in [7, 11) is 1.54. The van der Waals surface area contributed by atoms with Gasteiger partial charge in [-0.05, 0) is 48.6 Å². The molecule has 3 aliphatic rings. The number of carboxylic acids is 1. The SMILES string of the molecule is CNC(=O)N1C[C@@H](c2ccccc2)N(C2CCN(CC3C#CN=C(Sc4ccc(C(=O)O)cc4)C#C3)CC2)C1=O. The molecule has 9 nitrogen and oxygen atoms in total. The fourth-order valence-electron chi connectivity index (χ4n) is 5.20. The highest BCUT2D eigenvalue weighted by atomic mass is 32.2. The number of benzene rings is 2. The number of aromatic carboxylic acids is 1. The van der Waals surface area contributed by atoms with Crippen molar-refractivity contribution >= 4 is 34.8 Å². The van der Waals surface area contributed by atoms with Crippen LogP contribution in [0.2, 0.25) is 0 Å². The number of imide groups is 1. The van der Waals surface area contributed by atoms with Crippen LogP contribution in [-0.2, 0) is 0 Å². The number of nitrogens with one attached hydrogen (secondary N) is 1. The summed E-state index contributed by atoms with van der Waals surface area (Å²) < 4.78 is 0. The summed E-state index contributed by atoms with van der Waals surface area (Å²) in [5.74, 6) is 8.36. The number of likely N-dealkylation sites (tertiary alicyclic amines) is 1. The minimum Gasteiger partial charge on any atom is -0.478 e. The molecule has 0 spiro atoms. The lowest BCUT2D eigenvalue weighted by Crippen LogP contribution is -2.49. The lowest BCUT2D eigenvalue weighted by molar-refractivity contribution is 0.0696. The van der Waals surface area contributed by atoms with Crippen LogP contribution in [0.15, 0.2) is 64.5 Å². The Morgan fingerprint density at radius 1 is 1.07 bits per heavy atom. The van der Waals surface area contributed by atoms with E-state index in [1.807, 2.05) is 35.2 Å². The van der Waals surface area contributed by atoms with Gasteiger partial charge in [0.15, 0.2) is 5.04 Å². The van der Waals surface area contributed by atoms with Gasteiger partial charge < -0.3 is 20.2 Å². The number of hydrogen-bond acceptors (Lipinski definition) is 6. The first kappa shape index (κ1) is 27.3. The van der Waals surface area contributed by atoms with E-state index in [2.05, 4.69) is 39.0 Å². The van der Waals surface area contributed by atoms with Crippen molar-refractivity contribution < 1.29 is 19.5 Å². The van der Waals surface area contributed by atoms with Crippen LogP contribution >= 0.6 is 11.8 Å². The van der Waals surface area contributed by atoms with Crippen molar-refractivity contribution in [3.63, 3.8) is 0 Å². The van der Waals surface area contributed by atoms with Gasteiger partial charge in [-0.25, -0.2) is 19.3 Å². The second kappa shape index (κ2) is 12.3. The Morgan fingerprint density at radius 3 is 2.48 bits per heavy atom. The average molecular weight is 556 g/mol. The molecule has 2 aromatic rings. The van der Waals surface area contributed by atoms with Crippen LogP contribution in [0, 0.1) is 29.7 Å². The van der Waals surface area contributed by atoms with Gasteiger partial charge >= 0.3 is 18.0 Å². The summed E-state index contributed by atoms with van der Waals surface area (Å²) in [5.41, 5.74) is 1.26. The van der Waals surface area contributed by atoms with Crippen molar-refractivity contribution in [2.75, 3.05) is 33.2 Å². The van der Waals surface area contributed by atoms with Gasteiger partial charge in [0, 0.05) is 43.7 Å². The van der Waals surface area contributed by atoms with Crippen LogP contribution < -0.4 is 5.32 Å². The molecule has 2 aromatic carbocycles. The van der Waals surface area contributed by atoms with E-state index >= 15 is 0 Å². The molecule has 4 amide bonds. The molecule has 2 saturated heterocycles. The Balaban J connectivity index is 1.18. The van der Waals surface area contributed by atoms with Crippen molar-refractivity contribution in [1.82, 2.24) is 20.0 Å². The van der Waals surface area contributed by atoms with Crippen molar-refractivity contribution in [1.29, 1.82) is 0 Å². The van der Waals surface area contributed by atoms with Gasteiger partial charge in [-0.15, -0.1) is 0 Å². The van der Waals surface area contributed by atoms with E-state index < -0.39 is 5.97 Å². The molecular weight excluding hydrogens is 526 g/mol. The molecule has 10 heteroatoms. The lowest BCUT2D eigenvalue weighted by Gasteiger charge is -2.39. The monoisotopic (exact) mass is 555 g/mol.